The molecule has 3 saturated heterocycles. The molecular formula is C50H96N6O25. The van der Waals surface area contributed by atoms with Crippen LogP contribution < -0.4 is 33.2 Å². The zero-order valence-electron chi connectivity index (χ0n) is 46.8. The Kier molecular flexibility index (Phi) is 39.4. The summed E-state index contributed by atoms with van der Waals surface area (Å²) in [6.45, 7) is 5.74. The highest BCUT2D eigenvalue weighted by Gasteiger charge is 2.43. The van der Waals surface area contributed by atoms with E-state index in [4.69, 9.17) is 88.3 Å². The average molecular weight is 1180 g/mol. The Bertz CT molecular complexity index is 1550. The molecule has 16 N–H and O–H groups in total. The van der Waals surface area contributed by atoms with Gasteiger partial charge in [0.05, 0.1) is 201 Å². The summed E-state index contributed by atoms with van der Waals surface area (Å²) in [6, 6.07) is -2.47. The maximum absolute atomic E-state index is 12.5. The van der Waals surface area contributed by atoms with Crippen molar-refractivity contribution in [1.82, 2.24) is 16.0 Å². The second kappa shape index (κ2) is 43.9. The summed E-state index contributed by atoms with van der Waals surface area (Å²) >= 11 is 0. The number of amides is 3. The van der Waals surface area contributed by atoms with Gasteiger partial charge in [-0.1, -0.05) is 6.92 Å². The highest BCUT2D eigenvalue weighted by molar-refractivity contribution is 5.76. The lowest BCUT2D eigenvalue weighted by Crippen LogP contribution is -2.62. The van der Waals surface area contributed by atoms with Crippen molar-refractivity contribution in [3.05, 3.63) is 0 Å². The molecule has 0 aliphatic carbocycles. The second-order valence-electron chi connectivity index (χ2n) is 19.7. The maximum Gasteiger partial charge on any atom is 0.222 e. The van der Waals surface area contributed by atoms with Gasteiger partial charge in [0.25, 0.3) is 0 Å². The van der Waals surface area contributed by atoms with Crippen molar-refractivity contribution in [2.75, 3.05) is 178 Å². The Morgan fingerprint density at radius 2 is 0.753 bits per heavy atom. The lowest BCUT2D eigenvalue weighted by molar-refractivity contribution is -0.267. The Morgan fingerprint density at radius 3 is 1.09 bits per heavy atom. The number of ether oxygens (including phenoxy) is 15. The number of nitrogens with one attached hydrogen (secondary N) is 3. The quantitative estimate of drug-likeness (QED) is 0.0252. The first kappa shape index (κ1) is 72.7. The van der Waals surface area contributed by atoms with Crippen LogP contribution in [0.5, 0.6) is 0 Å². The monoisotopic (exact) mass is 1180 g/mol. The van der Waals surface area contributed by atoms with Gasteiger partial charge in [0.1, 0.15) is 18.3 Å². The van der Waals surface area contributed by atoms with Crippen LogP contribution in [-0.2, 0) is 85.4 Å². The second-order valence-corrected chi connectivity index (χ2v) is 19.7. The molecule has 3 amide bonds. The van der Waals surface area contributed by atoms with Gasteiger partial charge in [-0.15, -0.1) is 0 Å². The van der Waals surface area contributed by atoms with Crippen molar-refractivity contribution in [3.8, 4) is 0 Å². The molecule has 3 aliphatic rings. The first-order chi connectivity index (χ1) is 39.1. The van der Waals surface area contributed by atoms with Crippen LogP contribution in [-0.4, -0.2) is 311 Å². The summed E-state index contributed by atoms with van der Waals surface area (Å²) in [6.07, 6.45) is -8.49. The van der Waals surface area contributed by atoms with Crippen LogP contribution in [0.4, 0.5) is 0 Å². The summed E-state index contributed by atoms with van der Waals surface area (Å²) in [5.41, 5.74) is 17.0. The van der Waals surface area contributed by atoms with E-state index in [9.17, 15) is 50.1 Å². The lowest BCUT2D eigenvalue weighted by Gasteiger charge is -2.40. The van der Waals surface area contributed by atoms with Crippen LogP contribution in [0.15, 0.2) is 0 Å². The molecule has 0 saturated carbocycles. The number of rotatable bonds is 48. The van der Waals surface area contributed by atoms with Crippen molar-refractivity contribution in [1.29, 1.82) is 0 Å². The molecule has 13 atom stereocenters. The third kappa shape index (κ3) is 31.4. The van der Waals surface area contributed by atoms with E-state index in [1.807, 2.05) is 6.92 Å². The van der Waals surface area contributed by atoms with Crippen molar-refractivity contribution in [2.45, 2.75) is 119 Å². The highest BCUT2D eigenvalue weighted by Crippen LogP contribution is 2.23. The van der Waals surface area contributed by atoms with E-state index in [1.54, 1.807) is 0 Å². The van der Waals surface area contributed by atoms with Crippen molar-refractivity contribution in [3.63, 3.8) is 0 Å². The largest absolute Gasteiger partial charge is 0.394 e. The molecule has 3 aliphatic heterocycles. The van der Waals surface area contributed by atoms with Gasteiger partial charge in [0.15, 0.2) is 18.9 Å². The van der Waals surface area contributed by atoms with E-state index >= 15 is 0 Å². The van der Waals surface area contributed by atoms with Gasteiger partial charge in [0, 0.05) is 57.2 Å². The Balaban J connectivity index is 1.25. The molecule has 0 aromatic rings. The number of carbonyl (C=O) groups is 3. The zero-order valence-corrected chi connectivity index (χ0v) is 46.8. The molecule has 3 heterocycles. The molecule has 31 nitrogen and oxygen atoms in total. The number of nitrogens with two attached hydrogens (primary N) is 3. The van der Waals surface area contributed by atoms with E-state index in [1.165, 1.54) is 0 Å². The molecule has 13 unspecified atom stereocenters. The fourth-order valence-corrected chi connectivity index (χ4v) is 7.94. The first-order valence-corrected chi connectivity index (χ1v) is 27.7. The number of carbonyl (C=O) groups excluding carboxylic acids is 3. The number of hydrogen-bond acceptors (Lipinski definition) is 28. The van der Waals surface area contributed by atoms with Gasteiger partial charge in [-0.2, -0.15) is 0 Å². The molecule has 0 bridgehead atoms. The third-order valence-corrected chi connectivity index (χ3v) is 12.6. The van der Waals surface area contributed by atoms with Gasteiger partial charge < -0.3 is 140 Å². The summed E-state index contributed by atoms with van der Waals surface area (Å²) in [5.74, 6) is -0.738. The summed E-state index contributed by atoms with van der Waals surface area (Å²) < 4.78 is 83.7. The minimum Gasteiger partial charge on any atom is -0.394 e. The van der Waals surface area contributed by atoms with Crippen molar-refractivity contribution < 1.29 is 121 Å². The summed E-state index contributed by atoms with van der Waals surface area (Å²) in [5, 5.41) is 76.3. The van der Waals surface area contributed by atoms with Gasteiger partial charge >= 0.3 is 0 Å². The van der Waals surface area contributed by atoms with Gasteiger partial charge in [0.2, 0.25) is 17.7 Å². The number of aliphatic hydroxyl groups is 7. The molecule has 3 fully saturated rings. The van der Waals surface area contributed by atoms with Crippen LogP contribution in [0, 0.1) is 5.41 Å². The average Bonchev–Trinajstić information content (AvgIpc) is 3.45. The Hall–Kier alpha value is -2.59. The zero-order chi connectivity index (χ0) is 59.1. The topological polar surface area (TPSA) is 445 Å². The van der Waals surface area contributed by atoms with Gasteiger partial charge in [-0.05, 0) is 0 Å². The standard InChI is InChI=1S/C50H96N6O25/c1-50(31-73-8-2-39(62)54-5-11-67-14-17-70-20-23-76-47-42(51)36(60)26-34(28-57)79-47,32-74-9-3-40(63)55-6-12-68-15-18-71-21-24-77-48-43(52)37(61)27-35(29-58)80-48)33-75-10-4-41(64)56-7-13-69-16-19-72-22-25-78-49-44(53)46(66)45(65)38(30-59)81-49/h34-38,42-49,57-61,65-66H,2-33,51-53H2,1H3,(H,54,62)(H,55,63)(H,56,64). The predicted molar refractivity (Wildman–Crippen MR) is 281 cm³/mol. The Labute approximate surface area is 473 Å². The van der Waals surface area contributed by atoms with E-state index in [2.05, 4.69) is 16.0 Å². The van der Waals surface area contributed by atoms with Crippen molar-refractivity contribution >= 4 is 17.7 Å². The minimum absolute atomic E-state index is 0.0681. The van der Waals surface area contributed by atoms with Crippen LogP contribution in [0.1, 0.15) is 39.0 Å². The SMILES string of the molecule is CC(COCCC(=O)NCCOCCOCCOC1OC(CO)CC(O)C1N)(COCCC(=O)NCCOCCOCCOC1OC(CO)CC(O)C1N)COCCC(=O)NCCOCCOCCOC1OC(CO)C(O)C(O)C1N. The fraction of sp³-hybridized carbons (Fsp3) is 0.940. The van der Waals surface area contributed by atoms with E-state index in [0.29, 0.717) is 0 Å². The first-order valence-electron chi connectivity index (χ1n) is 27.7. The van der Waals surface area contributed by atoms with Crippen LogP contribution in [0.25, 0.3) is 0 Å². The minimum atomic E-state index is -1.33. The van der Waals surface area contributed by atoms with E-state index in [0.717, 1.165) is 0 Å². The molecule has 3 rings (SSSR count). The normalized spacial score (nSPS) is 27.7. The number of hydrogen-bond donors (Lipinski definition) is 13. The highest BCUT2D eigenvalue weighted by atomic mass is 16.7. The van der Waals surface area contributed by atoms with Crippen LogP contribution in [0.2, 0.25) is 0 Å². The smallest absolute Gasteiger partial charge is 0.222 e. The molecule has 0 aromatic carbocycles. The van der Waals surface area contributed by atoms with Crippen LogP contribution in [0.3, 0.4) is 0 Å². The molecule has 81 heavy (non-hydrogen) atoms. The third-order valence-electron chi connectivity index (χ3n) is 12.6. The fourth-order valence-electron chi connectivity index (χ4n) is 7.94. The van der Waals surface area contributed by atoms with Crippen molar-refractivity contribution in [2.24, 2.45) is 22.6 Å². The van der Waals surface area contributed by atoms with E-state index in [-0.39, 0.29) is 221 Å². The molecule has 0 aromatic heterocycles. The Morgan fingerprint density at radius 1 is 0.432 bits per heavy atom. The molecule has 476 valence electrons. The molecule has 0 spiro atoms. The predicted octanol–water partition coefficient (Wildman–Crippen LogP) is -6.93. The summed E-state index contributed by atoms with van der Waals surface area (Å²) in [4.78, 5) is 37.5. The molecule has 0 radical (unpaired) electrons. The summed E-state index contributed by atoms with van der Waals surface area (Å²) in [7, 11) is 0. The van der Waals surface area contributed by atoms with E-state index < -0.39 is 91.7 Å². The maximum atomic E-state index is 12.5. The molecular weight excluding hydrogens is 1080 g/mol. The lowest BCUT2D eigenvalue weighted by atomic mass is 9.94. The van der Waals surface area contributed by atoms with Gasteiger partial charge in [-0.25, -0.2) is 0 Å². The van der Waals surface area contributed by atoms with Gasteiger partial charge in [-0.3, -0.25) is 14.4 Å². The number of aliphatic hydroxyl groups excluding tert-OH is 7. The van der Waals surface area contributed by atoms with Crippen LogP contribution >= 0.6 is 0 Å². The molecule has 31 heteroatoms.